The highest BCUT2D eigenvalue weighted by Crippen LogP contribution is 2.39. The van der Waals surface area contributed by atoms with Crippen LogP contribution in [0.4, 0.5) is 0 Å². The van der Waals surface area contributed by atoms with Crippen LogP contribution in [0.5, 0.6) is 0 Å². The van der Waals surface area contributed by atoms with Crippen LogP contribution in [0.25, 0.3) is 0 Å². The Balaban J connectivity index is 1.24. The summed E-state index contributed by atoms with van der Waals surface area (Å²) >= 11 is 0. The van der Waals surface area contributed by atoms with Gasteiger partial charge in [0.1, 0.15) is 0 Å². The Labute approximate surface area is 169 Å². The fraction of sp³-hybridized carbons (Fsp3) is 0.850. The van der Waals surface area contributed by atoms with Crippen LogP contribution in [0.3, 0.4) is 0 Å². The van der Waals surface area contributed by atoms with Crippen LogP contribution in [0.1, 0.15) is 64.0 Å². The molecule has 0 spiro atoms. The summed E-state index contributed by atoms with van der Waals surface area (Å²) in [7, 11) is -3.09. The molecule has 1 aromatic rings. The number of rotatable bonds is 6. The maximum Gasteiger partial charge on any atom is 0.211 e. The van der Waals surface area contributed by atoms with Gasteiger partial charge in [-0.3, -0.25) is 9.58 Å². The van der Waals surface area contributed by atoms with Crippen molar-refractivity contribution < 1.29 is 13.2 Å². The van der Waals surface area contributed by atoms with E-state index in [2.05, 4.69) is 30.0 Å². The molecule has 0 aromatic carbocycles. The van der Waals surface area contributed by atoms with Crippen molar-refractivity contribution in [2.24, 2.45) is 0 Å². The monoisotopic (exact) mass is 410 g/mol. The van der Waals surface area contributed by atoms with Crippen LogP contribution in [0, 0.1) is 0 Å². The Kier molecular flexibility index (Phi) is 5.84. The summed E-state index contributed by atoms with van der Waals surface area (Å²) in [6.07, 6.45) is 11.8. The largest absolute Gasteiger partial charge is 0.375 e. The van der Waals surface area contributed by atoms with Gasteiger partial charge in [0.25, 0.3) is 0 Å². The zero-order chi connectivity index (χ0) is 19.9. The molecule has 0 saturated carbocycles. The molecule has 28 heavy (non-hydrogen) atoms. The number of piperidine rings is 2. The lowest BCUT2D eigenvalue weighted by Gasteiger charge is -2.40. The van der Waals surface area contributed by atoms with Crippen LogP contribution < -0.4 is 0 Å². The molecule has 3 aliphatic heterocycles. The Hall–Kier alpha value is -0.960. The van der Waals surface area contributed by atoms with Crippen LogP contribution in [-0.2, 0) is 21.3 Å². The van der Waals surface area contributed by atoms with Crippen molar-refractivity contribution in [2.45, 2.75) is 89.3 Å². The topological polar surface area (TPSA) is 67.7 Å². The number of ether oxygens (including phenoxy) is 1. The zero-order valence-corrected chi connectivity index (χ0v) is 18.1. The van der Waals surface area contributed by atoms with Gasteiger partial charge in [-0.05, 0) is 52.4 Å². The van der Waals surface area contributed by atoms with E-state index in [1.807, 2.05) is 10.9 Å². The average molecular weight is 411 g/mol. The molecule has 0 N–H and O–H groups in total. The number of fused-ring (bicyclic) bond motifs is 2. The number of likely N-dealkylation sites (tertiary alicyclic amines) is 1. The highest BCUT2D eigenvalue weighted by atomic mass is 32.2. The summed E-state index contributed by atoms with van der Waals surface area (Å²) in [5.74, 6) is 0. The van der Waals surface area contributed by atoms with Gasteiger partial charge >= 0.3 is 0 Å². The van der Waals surface area contributed by atoms with Gasteiger partial charge < -0.3 is 4.74 Å². The van der Waals surface area contributed by atoms with Gasteiger partial charge in [-0.2, -0.15) is 9.40 Å². The fourth-order valence-corrected chi connectivity index (χ4v) is 6.68. The van der Waals surface area contributed by atoms with E-state index in [-0.39, 0.29) is 18.2 Å². The molecule has 4 heterocycles. The van der Waals surface area contributed by atoms with E-state index < -0.39 is 10.0 Å². The molecule has 158 valence electrons. The van der Waals surface area contributed by atoms with E-state index >= 15 is 0 Å². The predicted molar refractivity (Wildman–Crippen MR) is 109 cm³/mol. The van der Waals surface area contributed by atoms with Crippen LogP contribution >= 0.6 is 0 Å². The first kappa shape index (κ1) is 20.3. The molecule has 3 saturated heterocycles. The van der Waals surface area contributed by atoms with Crippen molar-refractivity contribution in [2.75, 3.05) is 19.3 Å². The second-order valence-electron chi connectivity index (χ2n) is 9.11. The maximum atomic E-state index is 12.0. The SMILES string of the molecule is CC(C)n1cc(CN2CCC(OC3C[C@H]4CC[C@@H](C3)N4S(C)(=O)=O)CC2)cn1. The third kappa shape index (κ3) is 4.45. The molecule has 0 amide bonds. The highest BCUT2D eigenvalue weighted by Gasteiger charge is 2.46. The highest BCUT2D eigenvalue weighted by molar-refractivity contribution is 7.88. The molecule has 1 unspecified atom stereocenters. The summed E-state index contributed by atoms with van der Waals surface area (Å²) in [5, 5.41) is 4.44. The zero-order valence-electron chi connectivity index (χ0n) is 17.3. The standard InChI is InChI=1S/C20H34N4O3S/c1-15(2)23-14-16(12-21-23)13-22-8-6-19(7-9-22)27-20-10-17-4-5-18(11-20)24(17)28(3,25)26/h12,14-15,17-20H,4-11,13H2,1-3H3/t17-,18+,20?. The van der Waals surface area contributed by atoms with Gasteiger partial charge in [0.15, 0.2) is 0 Å². The van der Waals surface area contributed by atoms with Crippen molar-refractivity contribution in [3.05, 3.63) is 18.0 Å². The lowest BCUT2D eigenvalue weighted by molar-refractivity contribution is -0.0696. The van der Waals surface area contributed by atoms with Gasteiger partial charge in [-0.1, -0.05) is 0 Å². The van der Waals surface area contributed by atoms with E-state index in [0.29, 0.717) is 12.1 Å². The molecule has 8 heteroatoms. The normalized spacial score (nSPS) is 30.4. The van der Waals surface area contributed by atoms with Gasteiger partial charge in [0.2, 0.25) is 10.0 Å². The predicted octanol–water partition coefficient (Wildman–Crippen LogP) is 2.40. The third-order valence-corrected chi connectivity index (χ3v) is 7.88. The average Bonchev–Trinajstić information content (AvgIpc) is 3.20. The second kappa shape index (κ2) is 8.05. The summed E-state index contributed by atoms with van der Waals surface area (Å²) < 4.78 is 34.3. The first-order chi connectivity index (χ1) is 13.3. The molecule has 4 rings (SSSR count). The van der Waals surface area contributed by atoms with Crippen molar-refractivity contribution >= 4 is 10.0 Å². The number of aromatic nitrogens is 2. The number of sulfonamides is 1. The van der Waals surface area contributed by atoms with Crippen molar-refractivity contribution in [3.8, 4) is 0 Å². The lowest BCUT2D eigenvalue weighted by Crippen LogP contribution is -2.49. The second-order valence-corrected chi connectivity index (χ2v) is 11.0. The molecule has 0 radical (unpaired) electrons. The van der Waals surface area contributed by atoms with Crippen LogP contribution in [0.2, 0.25) is 0 Å². The van der Waals surface area contributed by atoms with Crippen molar-refractivity contribution in [1.29, 1.82) is 0 Å². The number of nitrogens with zero attached hydrogens (tertiary/aromatic N) is 4. The fourth-order valence-electron chi connectivity index (χ4n) is 5.21. The minimum absolute atomic E-state index is 0.149. The van der Waals surface area contributed by atoms with Crippen LogP contribution in [-0.4, -0.2) is 71.0 Å². The smallest absolute Gasteiger partial charge is 0.211 e. The Bertz CT molecular complexity index is 756. The Morgan fingerprint density at radius 2 is 1.75 bits per heavy atom. The van der Waals surface area contributed by atoms with E-state index in [1.165, 1.54) is 11.8 Å². The van der Waals surface area contributed by atoms with Crippen LogP contribution in [0.15, 0.2) is 12.4 Å². The first-order valence-corrected chi connectivity index (χ1v) is 12.5. The Morgan fingerprint density at radius 1 is 1.11 bits per heavy atom. The van der Waals surface area contributed by atoms with E-state index in [9.17, 15) is 8.42 Å². The summed E-state index contributed by atoms with van der Waals surface area (Å²) in [5.41, 5.74) is 1.28. The lowest BCUT2D eigenvalue weighted by atomic mass is 10.0. The third-order valence-electron chi connectivity index (χ3n) is 6.52. The molecule has 1 aromatic heterocycles. The number of hydrogen-bond acceptors (Lipinski definition) is 5. The molecular formula is C20H34N4O3S. The maximum absolute atomic E-state index is 12.0. The molecule has 3 aliphatic rings. The minimum Gasteiger partial charge on any atom is -0.375 e. The molecule has 2 bridgehead atoms. The van der Waals surface area contributed by atoms with E-state index in [0.717, 1.165) is 58.2 Å². The molecule has 3 fully saturated rings. The van der Waals surface area contributed by atoms with Gasteiger partial charge in [-0.25, -0.2) is 8.42 Å². The molecule has 7 nitrogen and oxygen atoms in total. The van der Waals surface area contributed by atoms with E-state index in [4.69, 9.17) is 4.74 Å². The Morgan fingerprint density at radius 3 is 2.29 bits per heavy atom. The van der Waals surface area contributed by atoms with E-state index in [1.54, 1.807) is 4.31 Å². The molecule has 3 atom stereocenters. The van der Waals surface area contributed by atoms with Gasteiger partial charge in [0, 0.05) is 49.5 Å². The number of hydrogen-bond donors (Lipinski definition) is 0. The van der Waals surface area contributed by atoms with Gasteiger partial charge in [0.05, 0.1) is 24.7 Å². The van der Waals surface area contributed by atoms with Gasteiger partial charge in [-0.15, -0.1) is 0 Å². The first-order valence-electron chi connectivity index (χ1n) is 10.7. The summed E-state index contributed by atoms with van der Waals surface area (Å²) in [6.45, 7) is 7.34. The minimum atomic E-state index is -3.09. The van der Waals surface area contributed by atoms with Crippen molar-refractivity contribution in [3.63, 3.8) is 0 Å². The summed E-state index contributed by atoms with van der Waals surface area (Å²) in [4.78, 5) is 2.48. The molecule has 0 aliphatic carbocycles. The van der Waals surface area contributed by atoms with Crippen molar-refractivity contribution in [1.82, 2.24) is 19.0 Å². The quantitative estimate of drug-likeness (QED) is 0.720. The summed E-state index contributed by atoms with van der Waals surface area (Å²) in [6, 6.07) is 0.699. The molecular weight excluding hydrogens is 376 g/mol.